The van der Waals surface area contributed by atoms with Gasteiger partial charge >= 0.3 is 0 Å². The van der Waals surface area contributed by atoms with Gasteiger partial charge in [0, 0.05) is 35.0 Å². The Morgan fingerprint density at radius 1 is 1.17 bits per heavy atom. The third kappa shape index (κ3) is 2.08. The Hall–Kier alpha value is -1.55. The van der Waals surface area contributed by atoms with Crippen LogP contribution in [-0.4, -0.2) is 21.9 Å². The van der Waals surface area contributed by atoms with E-state index >= 15 is 0 Å². The highest BCUT2D eigenvalue weighted by Crippen LogP contribution is 2.18. The van der Waals surface area contributed by atoms with Crippen LogP contribution >= 0.6 is 15.9 Å². The molecule has 3 rings (SSSR count). The third-order valence-corrected chi connectivity index (χ3v) is 3.74. The number of fused-ring (bicyclic) bond motifs is 1. The molecule has 1 aliphatic heterocycles. The van der Waals surface area contributed by atoms with Crippen LogP contribution in [0.2, 0.25) is 0 Å². The molecule has 1 aliphatic rings. The van der Waals surface area contributed by atoms with Crippen LogP contribution in [-0.2, 0) is 13.1 Å². The molecule has 0 N–H and O–H groups in total. The second-order valence-corrected chi connectivity index (χ2v) is 5.35. The van der Waals surface area contributed by atoms with Crippen LogP contribution in [0.4, 0.5) is 0 Å². The number of nitrogens with zero attached hydrogens (tertiary/aromatic N) is 2. The molecule has 1 amide bonds. The summed E-state index contributed by atoms with van der Waals surface area (Å²) in [6, 6.07) is 11.7. The summed E-state index contributed by atoms with van der Waals surface area (Å²) >= 11 is 3.40. The highest BCUT2D eigenvalue weighted by atomic mass is 79.9. The average Bonchev–Trinajstić information content (AvgIpc) is 2.85. The molecule has 2 heterocycles. The molecular formula is C14H13BrN2O. The quantitative estimate of drug-likeness (QED) is 0.795. The summed E-state index contributed by atoms with van der Waals surface area (Å²) in [6.07, 6.45) is 2.07. The Bertz CT molecular complexity index is 591. The summed E-state index contributed by atoms with van der Waals surface area (Å²) in [5, 5.41) is 0. The van der Waals surface area contributed by atoms with Gasteiger partial charge in [-0.05, 0) is 30.3 Å². The monoisotopic (exact) mass is 304 g/mol. The summed E-state index contributed by atoms with van der Waals surface area (Å²) in [5.41, 5.74) is 1.94. The molecule has 0 spiro atoms. The summed E-state index contributed by atoms with van der Waals surface area (Å²) in [5.74, 6) is 0.101. The van der Waals surface area contributed by atoms with E-state index in [1.807, 2.05) is 35.2 Å². The molecule has 2 aromatic rings. The van der Waals surface area contributed by atoms with Crippen LogP contribution in [0.3, 0.4) is 0 Å². The van der Waals surface area contributed by atoms with Crippen molar-refractivity contribution in [1.29, 1.82) is 0 Å². The van der Waals surface area contributed by atoms with Gasteiger partial charge in [-0.15, -0.1) is 0 Å². The van der Waals surface area contributed by atoms with Crippen molar-refractivity contribution in [3.63, 3.8) is 0 Å². The van der Waals surface area contributed by atoms with Gasteiger partial charge in [0.2, 0.25) is 0 Å². The largest absolute Gasteiger partial charge is 0.348 e. The molecule has 18 heavy (non-hydrogen) atoms. The van der Waals surface area contributed by atoms with E-state index in [0.717, 1.165) is 23.1 Å². The molecular weight excluding hydrogens is 292 g/mol. The summed E-state index contributed by atoms with van der Waals surface area (Å²) in [6.45, 7) is 2.34. The van der Waals surface area contributed by atoms with Gasteiger partial charge in [-0.1, -0.05) is 22.0 Å². The molecule has 0 atom stereocenters. The van der Waals surface area contributed by atoms with E-state index in [4.69, 9.17) is 0 Å². The molecule has 0 saturated carbocycles. The summed E-state index contributed by atoms with van der Waals surface area (Å²) < 4.78 is 3.14. The van der Waals surface area contributed by atoms with Crippen molar-refractivity contribution in [2.24, 2.45) is 0 Å². The van der Waals surface area contributed by atoms with Gasteiger partial charge in [0.1, 0.15) is 0 Å². The molecule has 0 saturated heterocycles. The predicted molar refractivity (Wildman–Crippen MR) is 73.3 cm³/mol. The van der Waals surface area contributed by atoms with Crippen molar-refractivity contribution < 1.29 is 4.79 Å². The molecule has 0 fully saturated rings. The second kappa shape index (κ2) is 4.61. The SMILES string of the molecule is O=C(c1cccc(Br)c1)N1CCn2cccc2C1. The zero-order chi connectivity index (χ0) is 12.5. The minimum absolute atomic E-state index is 0.101. The van der Waals surface area contributed by atoms with Gasteiger partial charge < -0.3 is 9.47 Å². The van der Waals surface area contributed by atoms with Crippen molar-refractivity contribution in [3.05, 3.63) is 58.3 Å². The van der Waals surface area contributed by atoms with Gasteiger partial charge in [0.05, 0.1) is 6.54 Å². The van der Waals surface area contributed by atoms with Crippen LogP contribution in [0, 0.1) is 0 Å². The summed E-state index contributed by atoms with van der Waals surface area (Å²) in [7, 11) is 0. The molecule has 92 valence electrons. The zero-order valence-electron chi connectivity index (χ0n) is 9.84. The highest BCUT2D eigenvalue weighted by Gasteiger charge is 2.21. The Labute approximate surface area is 114 Å². The van der Waals surface area contributed by atoms with E-state index in [0.29, 0.717) is 6.54 Å². The van der Waals surface area contributed by atoms with Crippen molar-refractivity contribution in [3.8, 4) is 0 Å². The van der Waals surface area contributed by atoms with Gasteiger partial charge in [-0.2, -0.15) is 0 Å². The highest BCUT2D eigenvalue weighted by molar-refractivity contribution is 9.10. The standard InChI is InChI=1S/C14H13BrN2O/c15-12-4-1-3-11(9-12)14(18)17-8-7-16-6-2-5-13(16)10-17/h1-6,9H,7-8,10H2. The fourth-order valence-electron chi connectivity index (χ4n) is 2.29. The Balaban J connectivity index is 1.83. The molecule has 0 aliphatic carbocycles. The lowest BCUT2D eigenvalue weighted by molar-refractivity contribution is 0.0711. The molecule has 1 aromatic carbocycles. The second-order valence-electron chi connectivity index (χ2n) is 4.43. The molecule has 1 aromatic heterocycles. The number of benzene rings is 1. The fourth-order valence-corrected chi connectivity index (χ4v) is 2.69. The van der Waals surface area contributed by atoms with Crippen LogP contribution < -0.4 is 0 Å². The van der Waals surface area contributed by atoms with Gasteiger partial charge in [-0.3, -0.25) is 4.79 Å². The lowest BCUT2D eigenvalue weighted by atomic mass is 10.2. The number of halogens is 1. The maximum absolute atomic E-state index is 12.4. The van der Waals surface area contributed by atoms with Crippen LogP contribution in [0.25, 0.3) is 0 Å². The van der Waals surface area contributed by atoms with Crippen molar-refractivity contribution in [1.82, 2.24) is 9.47 Å². The first kappa shape index (κ1) is 11.5. The number of hydrogen-bond donors (Lipinski definition) is 0. The van der Waals surface area contributed by atoms with Crippen molar-refractivity contribution >= 4 is 21.8 Å². The van der Waals surface area contributed by atoms with Crippen molar-refractivity contribution in [2.75, 3.05) is 6.54 Å². The maximum Gasteiger partial charge on any atom is 0.254 e. The average molecular weight is 305 g/mol. The zero-order valence-corrected chi connectivity index (χ0v) is 11.4. The normalized spacial score (nSPS) is 14.4. The van der Waals surface area contributed by atoms with Crippen LogP contribution in [0.1, 0.15) is 16.1 Å². The first-order valence-electron chi connectivity index (χ1n) is 5.93. The van der Waals surface area contributed by atoms with Gasteiger partial charge in [0.25, 0.3) is 5.91 Å². The lowest BCUT2D eigenvalue weighted by Gasteiger charge is -2.28. The van der Waals surface area contributed by atoms with Crippen LogP contribution in [0.5, 0.6) is 0 Å². The van der Waals surface area contributed by atoms with Gasteiger partial charge in [-0.25, -0.2) is 0 Å². The number of hydrogen-bond acceptors (Lipinski definition) is 1. The number of carbonyl (C=O) groups is 1. The first-order valence-corrected chi connectivity index (χ1v) is 6.72. The predicted octanol–water partition coefficient (Wildman–Crippen LogP) is 2.91. The van der Waals surface area contributed by atoms with E-state index in [9.17, 15) is 4.79 Å². The van der Waals surface area contributed by atoms with E-state index in [2.05, 4.69) is 32.8 Å². The Morgan fingerprint density at radius 3 is 2.89 bits per heavy atom. The minimum Gasteiger partial charge on any atom is -0.348 e. The number of aromatic nitrogens is 1. The molecule has 4 heteroatoms. The van der Waals surface area contributed by atoms with E-state index in [-0.39, 0.29) is 5.91 Å². The summed E-state index contributed by atoms with van der Waals surface area (Å²) in [4.78, 5) is 14.3. The molecule has 0 unspecified atom stereocenters. The lowest BCUT2D eigenvalue weighted by Crippen LogP contribution is -2.37. The minimum atomic E-state index is 0.101. The Kier molecular flexibility index (Phi) is 2.96. The maximum atomic E-state index is 12.4. The third-order valence-electron chi connectivity index (χ3n) is 3.25. The van der Waals surface area contributed by atoms with E-state index in [1.165, 1.54) is 5.69 Å². The molecule has 3 nitrogen and oxygen atoms in total. The number of carbonyl (C=O) groups excluding carboxylic acids is 1. The Morgan fingerprint density at radius 2 is 2.06 bits per heavy atom. The van der Waals surface area contributed by atoms with Gasteiger partial charge in [0.15, 0.2) is 0 Å². The van der Waals surface area contributed by atoms with Crippen molar-refractivity contribution in [2.45, 2.75) is 13.1 Å². The van der Waals surface area contributed by atoms with Crippen LogP contribution in [0.15, 0.2) is 47.1 Å². The number of rotatable bonds is 1. The van der Waals surface area contributed by atoms with E-state index in [1.54, 1.807) is 0 Å². The van der Waals surface area contributed by atoms with E-state index < -0.39 is 0 Å². The molecule has 0 radical (unpaired) electrons. The fraction of sp³-hybridized carbons (Fsp3) is 0.214. The number of amides is 1. The topological polar surface area (TPSA) is 25.2 Å². The smallest absolute Gasteiger partial charge is 0.254 e. The first-order chi connectivity index (χ1) is 8.74. The molecule has 0 bridgehead atoms.